The third-order valence-electron chi connectivity index (χ3n) is 10.3. The Morgan fingerprint density at radius 1 is 0.705 bits per heavy atom. The van der Waals surface area contributed by atoms with Gasteiger partial charge in [0.2, 0.25) is 0 Å². The number of hydrogen-bond donors (Lipinski definition) is 3. The van der Waals surface area contributed by atoms with Gasteiger partial charge in [0.05, 0.1) is 40.0 Å². The Bertz CT molecular complexity index is 1490. The average Bonchev–Trinajstić information content (AvgIpc) is 3.46. The number of hydrogen-bond acceptors (Lipinski definition) is 10. The molecule has 12 nitrogen and oxygen atoms in total. The molecule has 0 aliphatic carbocycles. The Morgan fingerprint density at radius 2 is 1.28 bits per heavy atom. The molecule has 1 aromatic heterocycles. The molecule has 13 heteroatoms. The fraction of sp³-hybridized carbons (Fsp3) is 0.708. The molecule has 0 aromatic carbocycles. The van der Waals surface area contributed by atoms with Crippen molar-refractivity contribution in [2.24, 2.45) is 0 Å². The Balaban J connectivity index is 2.49. The number of ether oxygens (including phenoxy) is 2. The van der Waals surface area contributed by atoms with Crippen molar-refractivity contribution in [3.05, 3.63) is 71.3 Å². The van der Waals surface area contributed by atoms with E-state index in [4.69, 9.17) is 22.9 Å². The van der Waals surface area contributed by atoms with Gasteiger partial charge in [0, 0.05) is 25.7 Å². The predicted molar refractivity (Wildman–Crippen MR) is 244 cm³/mol. The number of allylic oxidation sites excluding steroid dienone is 5. The van der Waals surface area contributed by atoms with Crippen LogP contribution in [-0.4, -0.2) is 97.3 Å². The van der Waals surface area contributed by atoms with Gasteiger partial charge in [-0.1, -0.05) is 114 Å². The number of phosphoric ester groups is 1. The van der Waals surface area contributed by atoms with Crippen LogP contribution in [0.5, 0.6) is 0 Å². The SMILES string of the molecule is CCCCC/C=C\C[C@H](O)/C=C/C=C/C=C\[C@H](O)CCCC(=O)O[C@H](COC(=O)CCCCCCCCc1oc(CCCCC)c(C)c1C)COP(=O)(O)OCC[N+](C)(C)C. The molecule has 0 aliphatic heterocycles. The topological polar surface area (TPSA) is 162 Å². The Hall–Kier alpha value is -2.83. The van der Waals surface area contributed by atoms with Crippen LogP contribution < -0.4 is 0 Å². The summed E-state index contributed by atoms with van der Waals surface area (Å²) in [5, 5.41) is 20.4. The van der Waals surface area contributed by atoms with Crippen LogP contribution in [0, 0.1) is 13.8 Å². The van der Waals surface area contributed by atoms with Gasteiger partial charge in [-0.25, -0.2) is 4.57 Å². The first-order valence-corrected chi connectivity index (χ1v) is 24.4. The van der Waals surface area contributed by atoms with E-state index in [9.17, 15) is 29.3 Å². The van der Waals surface area contributed by atoms with E-state index in [0.29, 0.717) is 36.7 Å². The number of carbonyl (C=O) groups excluding carboxylic acids is 2. The minimum atomic E-state index is -4.46. The third kappa shape index (κ3) is 30.8. The number of phosphoric acid groups is 1. The number of esters is 2. The number of likely N-dealkylation sites (N-methyl/N-ethyl adjacent to an activating group) is 1. The molecule has 0 saturated heterocycles. The Kier molecular flexibility index (Phi) is 31.0. The Labute approximate surface area is 368 Å². The molecule has 4 atom stereocenters. The summed E-state index contributed by atoms with van der Waals surface area (Å²) in [6, 6.07) is 0. The molecule has 0 bridgehead atoms. The van der Waals surface area contributed by atoms with E-state index in [1.807, 2.05) is 27.2 Å². The lowest BCUT2D eigenvalue weighted by Crippen LogP contribution is -2.37. The lowest BCUT2D eigenvalue weighted by Gasteiger charge is -2.24. The minimum Gasteiger partial charge on any atom is -0.466 e. The quantitative estimate of drug-likeness (QED) is 0.0146. The molecule has 1 rings (SSSR count). The standard InChI is InChI=1S/C48H82NO11P/c1-8-10-12-13-16-22-28-42(50)29-23-19-20-24-30-43(51)31-27-35-48(53)59-44(39-58-61(54,55)57-37-36-49(5,6)7)38-56-47(52)34-26-18-15-14-17-25-33-46-41(4)40(3)45(60-46)32-21-11-9-2/h16,19-20,22-24,29-30,42-44,50-51H,8-15,17-18,21,25-28,31-39H2,1-7H3/p+1/b20-19+,22-16-,29-23+,30-24-/t42-,43-,44+/m0/s1. The molecular formula is C48H83NO11P+. The maximum Gasteiger partial charge on any atom is 0.472 e. The van der Waals surface area contributed by atoms with Crippen LogP contribution in [0.3, 0.4) is 0 Å². The van der Waals surface area contributed by atoms with E-state index >= 15 is 0 Å². The van der Waals surface area contributed by atoms with Gasteiger partial charge in [-0.3, -0.25) is 18.6 Å². The van der Waals surface area contributed by atoms with Gasteiger partial charge in [-0.05, 0) is 76.3 Å². The number of unbranched alkanes of at least 4 members (excludes halogenated alkanes) is 10. The highest BCUT2D eigenvalue weighted by atomic mass is 31.2. The lowest BCUT2D eigenvalue weighted by atomic mass is 10.0. The first kappa shape index (κ1) is 56.2. The lowest BCUT2D eigenvalue weighted by molar-refractivity contribution is -0.870. The molecule has 1 unspecified atom stereocenters. The first-order valence-electron chi connectivity index (χ1n) is 22.9. The van der Waals surface area contributed by atoms with Crippen molar-refractivity contribution in [1.29, 1.82) is 0 Å². The third-order valence-corrected chi connectivity index (χ3v) is 11.2. The molecule has 1 heterocycles. The van der Waals surface area contributed by atoms with Gasteiger partial charge < -0.3 is 33.5 Å². The van der Waals surface area contributed by atoms with E-state index in [2.05, 4.69) is 33.8 Å². The van der Waals surface area contributed by atoms with Crippen LogP contribution in [0.2, 0.25) is 0 Å². The predicted octanol–water partition coefficient (Wildman–Crippen LogP) is 10.3. The molecule has 0 fully saturated rings. The van der Waals surface area contributed by atoms with Crippen molar-refractivity contribution >= 4 is 19.8 Å². The summed E-state index contributed by atoms with van der Waals surface area (Å²) in [7, 11) is 1.29. The van der Waals surface area contributed by atoms with Crippen LogP contribution in [0.1, 0.15) is 152 Å². The number of aliphatic hydroxyl groups is 2. The maximum absolute atomic E-state index is 12.7. The minimum absolute atomic E-state index is 0.0242. The summed E-state index contributed by atoms with van der Waals surface area (Å²) < 4.78 is 40.4. The molecular weight excluding hydrogens is 797 g/mol. The fourth-order valence-corrected chi connectivity index (χ4v) is 7.01. The van der Waals surface area contributed by atoms with Crippen LogP contribution >= 0.6 is 7.82 Å². The largest absolute Gasteiger partial charge is 0.472 e. The van der Waals surface area contributed by atoms with Crippen molar-refractivity contribution in [3.63, 3.8) is 0 Å². The number of rotatable bonds is 37. The van der Waals surface area contributed by atoms with Gasteiger partial charge in [-0.15, -0.1) is 0 Å². The highest BCUT2D eigenvalue weighted by Gasteiger charge is 2.27. The summed E-state index contributed by atoms with van der Waals surface area (Å²) in [6.07, 6.45) is 29.1. The summed E-state index contributed by atoms with van der Waals surface area (Å²) in [5.41, 5.74) is 2.58. The number of nitrogens with zero attached hydrogens (tertiary/aromatic N) is 1. The van der Waals surface area contributed by atoms with E-state index in [-0.39, 0.29) is 26.1 Å². The number of carbonyl (C=O) groups is 2. The van der Waals surface area contributed by atoms with Crippen LogP contribution in [0.25, 0.3) is 0 Å². The first-order chi connectivity index (χ1) is 29.1. The zero-order valence-electron chi connectivity index (χ0n) is 38.8. The second-order valence-electron chi connectivity index (χ2n) is 17.1. The van der Waals surface area contributed by atoms with Crippen molar-refractivity contribution < 1.29 is 56.7 Å². The van der Waals surface area contributed by atoms with E-state index < -0.39 is 44.7 Å². The zero-order chi connectivity index (χ0) is 45.4. The molecule has 0 radical (unpaired) electrons. The number of aliphatic hydroxyl groups excluding tert-OH is 2. The number of quaternary nitrogens is 1. The van der Waals surface area contributed by atoms with Crippen molar-refractivity contribution in [3.8, 4) is 0 Å². The van der Waals surface area contributed by atoms with Gasteiger partial charge in [0.25, 0.3) is 0 Å². The van der Waals surface area contributed by atoms with Crippen molar-refractivity contribution in [2.75, 3.05) is 47.5 Å². The Morgan fingerprint density at radius 3 is 1.92 bits per heavy atom. The number of aryl methyl sites for hydroxylation is 2. The summed E-state index contributed by atoms with van der Waals surface area (Å²) in [4.78, 5) is 35.6. The molecule has 3 N–H and O–H groups in total. The molecule has 1 aromatic rings. The normalized spacial score (nSPS) is 15.0. The summed E-state index contributed by atoms with van der Waals surface area (Å²) in [5.74, 6) is 1.17. The fourth-order valence-electron chi connectivity index (χ4n) is 6.27. The van der Waals surface area contributed by atoms with Gasteiger partial charge in [0.1, 0.15) is 31.3 Å². The zero-order valence-corrected chi connectivity index (χ0v) is 39.7. The van der Waals surface area contributed by atoms with Crippen molar-refractivity contribution in [2.45, 2.75) is 174 Å². The number of furan rings is 1. The van der Waals surface area contributed by atoms with Gasteiger partial charge >= 0.3 is 19.8 Å². The van der Waals surface area contributed by atoms with E-state index in [0.717, 1.165) is 69.3 Å². The van der Waals surface area contributed by atoms with E-state index in [1.165, 1.54) is 43.2 Å². The maximum atomic E-state index is 12.7. The highest BCUT2D eigenvalue weighted by molar-refractivity contribution is 7.47. The van der Waals surface area contributed by atoms with Crippen LogP contribution in [0.4, 0.5) is 0 Å². The highest BCUT2D eigenvalue weighted by Crippen LogP contribution is 2.43. The average molecular weight is 881 g/mol. The molecule has 0 aliphatic rings. The molecule has 0 amide bonds. The monoisotopic (exact) mass is 881 g/mol. The molecule has 0 saturated carbocycles. The van der Waals surface area contributed by atoms with Crippen LogP contribution in [0.15, 0.2) is 53.0 Å². The molecule has 61 heavy (non-hydrogen) atoms. The van der Waals surface area contributed by atoms with Gasteiger partial charge in [0.15, 0.2) is 6.10 Å². The van der Waals surface area contributed by atoms with Crippen LogP contribution in [-0.2, 0) is 45.5 Å². The van der Waals surface area contributed by atoms with Crippen molar-refractivity contribution in [1.82, 2.24) is 0 Å². The smallest absolute Gasteiger partial charge is 0.466 e. The van der Waals surface area contributed by atoms with E-state index in [1.54, 1.807) is 36.5 Å². The van der Waals surface area contributed by atoms with Gasteiger partial charge in [-0.2, -0.15) is 0 Å². The summed E-state index contributed by atoms with van der Waals surface area (Å²) in [6.45, 7) is 8.29. The summed E-state index contributed by atoms with van der Waals surface area (Å²) >= 11 is 0. The molecule has 350 valence electrons. The second-order valence-corrected chi connectivity index (χ2v) is 18.5. The second kappa shape index (κ2) is 33.7. The molecule has 0 spiro atoms.